The molecule has 0 bridgehead atoms. The van der Waals surface area contributed by atoms with Crippen LogP contribution in [0.25, 0.3) is 0 Å². The van der Waals surface area contributed by atoms with Gasteiger partial charge in [0.15, 0.2) is 0 Å². The molecule has 1 N–H and O–H groups in total. The molecule has 2 rings (SSSR count). The van der Waals surface area contributed by atoms with Crippen molar-refractivity contribution >= 4 is 27.3 Å². The molecule has 2 aromatic carbocycles. The predicted octanol–water partition coefficient (Wildman–Crippen LogP) is 5.28. The number of nitrogens with one attached hydrogen (secondary N) is 1. The van der Waals surface area contributed by atoms with Gasteiger partial charge >= 0.3 is 0 Å². The van der Waals surface area contributed by atoms with E-state index in [-0.39, 0.29) is 0 Å². The molecule has 0 saturated carbocycles. The van der Waals surface area contributed by atoms with E-state index < -0.39 is 0 Å². The average Bonchev–Trinajstić information content (AvgIpc) is 2.52. The normalized spacial score (nSPS) is 12.2. The lowest BCUT2D eigenvalue weighted by atomic mass is 10.1. The summed E-state index contributed by atoms with van der Waals surface area (Å²) >= 11 is 3.71. The summed E-state index contributed by atoms with van der Waals surface area (Å²) in [5.74, 6) is 0. The van der Waals surface area contributed by atoms with Gasteiger partial charge in [-0.3, -0.25) is 0 Å². The second kappa shape index (κ2) is 7.62. The molecule has 1 unspecified atom stereocenters. The van der Waals surface area contributed by atoms with Crippen molar-refractivity contribution in [1.29, 1.82) is 0 Å². The Bertz CT molecular complexity index is 569. The summed E-state index contributed by atoms with van der Waals surface area (Å²) in [6.45, 7) is 5.43. The second-order valence-corrected chi connectivity index (χ2v) is 6.13. The Kier molecular flexibility index (Phi) is 5.83. The first-order valence-electron chi connectivity index (χ1n) is 7.45. The third-order valence-corrected chi connectivity index (χ3v) is 4.37. The number of hydrogen-bond acceptors (Lipinski definition) is 2. The number of halogens is 1. The van der Waals surface area contributed by atoms with Crippen molar-refractivity contribution in [1.82, 2.24) is 5.32 Å². The fraction of sp³-hybridized carbons (Fsp3) is 0.333. The predicted molar refractivity (Wildman–Crippen MR) is 95.4 cm³/mol. The molecule has 0 spiro atoms. The van der Waals surface area contributed by atoms with Gasteiger partial charge in [-0.2, -0.15) is 0 Å². The van der Waals surface area contributed by atoms with Crippen molar-refractivity contribution in [2.45, 2.75) is 26.3 Å². The minimum absolute atomic E-state index is 0.357. The van der Waals surface area contributed by atoms with Crippen LogP contribution < -0.4 is 10.2 Å². The minimum Gasteiger partial charge on any atom is -0.345 e. The molecule has 0 aliphatic carbocycles. The van der Waals surface area contributed by atoms with E-state index in [0.29, 0.717) is 6.04 Å². The summed E-state index contributed by atoms with van der Waals surface area (Å²) < 4.78 is 1.15. The summed E-state index contributed by atoms with van der Waals surface area (Å²) in [6, 6.07) is 17.3. The van der Waals surface area contributed by atoms with E-state index >= 15 is 0 Å². The highest BCUT2D eigenvalue weighted by Crippen LogP contribution is 2.30. The van der Waals surface area contributed by atoms with Crippen LogP contribution >= 0.6 is 15.9 Å². The van der Waals surface area contributed by atoms with Gasteiger partial charge in [-0.15, -0.1) is 0 Å². The molecule has 0 aliphatic heterocycles. The summed E-state index contributed by atoms with van der Waals surface area (Å²) in [5, 5.41) is 3.53. The quantitative estimate of drug-likeness (QED) is 0.765. The zero-order valence-corrected chi connectivity index (χ0v) is 14.5. The maximum Gasteiger partial charge on any atom is 0.0419 e. The van der Waals surface area contributed by atoms with Gasteiger partial charge in [-0.1, -0.05) is 47.1 Å². The number of hydrogen-bond donors (Lipinski definition) is 1. The van der Waals surface area contributed by atoms with E-state index in [4.69, 9.17) is 0 Å². The summed E-state index contributed by atoms with van der Waals surface area (Å²) in [7, 11) is 2.09. The highest BCUT2D eigenvalue weighted by atomic mass is 79.9. The number of benzene rings is 2. The number of rotatable bonds is 6. The first-order chi connectivity index (χ1) is 10.1. The number of para-hydroxylation sites is 1. The highest BCUT2D eigenvalue weighted by Gasteiger charge is 2.11. The van der Waals surface area contributed by atoms with E-state index in [9.17, 15) is 0 Å². The first kappa shape index (κ1) is 16.1. The van der Waals surface area contributed by atoms with Crippen LogP contribution in [0.2, 0.25) is 0 Å². The Morgan fingerprint density at radius 2 is 1.81 bits per heavy atom. The molecular formula is C18H23BrN2. The van der Waals surface area contributed by atoms with Gasteiger partial charge in [-0.05, 0) is 49.7 Å². The Morgan fingerprint density at radius 1 is 1.10 bits per heavy atom. The molecule has 0 amide bonds. The largest absolute Gasteiger partial charge is 0.345 e. The van der Waals surface area contributed by atoms with E-state index in [1.807, 2.05) is 6.07 Å². The van der Waals surface area contributed by atoms with Crippen molar-refractivity contribution in [3.63, 3.8) is 0 Å². The zero-order chi connectivity index (χ0) is 15.2. The maximum atomic E-state index is 3.71. The van der Waals surface area contributed by atoms with Crippen LogP contribution in [0.4, 0.5) is 11.4 Å². The van der Waals surface area contributed by atoms with E-state index in [2.05, 4.69) is 89.5 Å². The Morgan fingerprint density at radius 3 is 2.43 bits per heavy atom. The molecule has 2 aromatic rings. The molecular weight excluding hydrogens is 324 g/mol. The molecule has 0 fully saturated rings. The zero-order valence-electron chi connectivity index (χ0n) is 12.9. The lowest BCUT2D eigenvalue weighted by Crippen LogP contribution is -2.19. The molecule has 21 heavy (non-hydrogen) atoms. The average molecular weight is 347 g/mol. The minimum atomic E-state index is 0.357. The molecule has 1 atom stereocenters. The number of anilines is 2. The summed E-state index contributed by atoms with van der Waals surface area (Å²) in [6.07, 6.45) is 1.15. The van der Waals surface area contributed by atoms with Crippen molar-refractivity contribution in [3.05, 3.63) is 58.6 Å². The molecule has 3 heteroatoms. The summed E-state index contributed by atoms with van der Waals surface area (Å²) in [5.41, 5.74) is 3.67. The van der Waals surface area contributed by atoms with Crippen LogP contribution in [0.1, 0.15) is 31.9 Å². The fourth-order valence-corrected chi connectivity index (χ4v) is 3.06. The molecule has 112 valence electrons. The SMILES string of the molecule is CCCNC(C)c1ccc(N(C)c2ccccc2)cc1Br. The lowest BCUT2D eigenvalue weighted by Gasteiger charge is -2.22. The van der Waals surface area contributed by atoms with Gasteiger partial charge in [0.2, 0.25) is 0 Å². The van der Waals surface area contributed by atoms with Gasteiger partial charge in [0.05, 0.1) is 0 Å². The van der Waals surface area contributed by atoms with E-state index in [1.54, 1.807) is 0 Å². The molecule has 0 aliphatic rings. The van der Waals surface area contributed by atoms with Crippen molar-refractivity contribution < 1.29 is 0 Å². The van der Waals surface area contributed by atoms with Crippen molar-refractivity contribution in [2.75, 3.05) is 18.5 Å². The first-order valence-corrected chi connectivity index (χ1v) is 8.24. The van der Waals surface area contributed by atoms with Gasteiger partial charge in [-0.25, -0.2) is 0 Å². The molecule has 0 radical (unpaired) electrons. The third-order valence-electron chi connectivity index (χ3n) is 3.68. The topological polar surface area (TPSA) is 15.3 Å². The van der Waals surface area contributed by atoms with Crippen LogP contribution in [-0.2, 0) is 0 Å². The van der Waals surface area contributed by atoms with Crippen LogP contribution in [0, 0.1) is 0 Å². The van der Waals surface area contributed by atoms with Crippen LogP contribution in [-0.4, -0.2) is 13.6 Å². The van der Waals surface area contributed by atoms with Crippen LogP contribution in [0.15, 0.2) is 53.0 Å². The Balaban J connectivity index is 2.19. The van der Waals surface area contributed by atoms with Gasteiger partial charge < -0.3 is 10.2 Å². The Labute approximate surface area is 136 Å². The number of nitrogens with zero attached hydrogens (tertiary/aromatic N) is 1. The lowest BCUT2D eigenvalue weighted by molar-refractivity contribution is 0.569. The van der Waals surface area contributed by atoms with E-state index in [0.717, 1.165) is 17.4 Å². The maximum absolute atomic E-state index is 3.71. The smallest absolute Gasteiger partial charge is 0.0419 e. The van der Waals surface area contributed by atoms with Crippen LogP contribution in [0.5, 0.6) is 0 Å². The molecule has 0 saturated heterocycles. The van der Waals surface area contributed by atoms with E-state index in [1.165, 1.54) is 16.9 Å². The molecule has 0 aromatic heterocycles. The second-order valence-electron chi connectivity index (χ2n) is 5.28. The summed E-state index contributed by atoms with van der Waals surface area (Å²) in [4.78, 5) is 2.19. The standard InChI is InChI=1S/C18H23BrN2/c1-4-12-20-14(2)17-11-10-16(13-18(17)19)21(3)15-8-6-5-7-9-15/h5-11,13-14,20H,4,12H2,1-3H3. The van der Waals surface area contributed by atoms with Gasteiger partial charge in [0.1, 0.15) is 0 Å². The fourth-order valence-electron chi connectivity index (χ4n) is 2.35. The van der Waals surface area contributed by atoms with Crippen molar-refractivity contribution in [3.8, 4) is 0 Å². The molecule has 2 nitrogen and oxygen atoms in total. The molecule has 0 heterocycles. The third kappa shape index (κ3) is 4.08. The van der Waals surface area contributed by atoms with Gasteiger partial charge in [0, 0.05) is 28.9 Å². The highest BCUT2D eigenvalue weighted by molar-refractivity contribution is 9.10. The van der Waals surface area contributed by atoms with Crippen LogP contribution in [0.3, 0.4) is 0 Å². The Hall–Kier alpha value is -1.32. The monoisotopic (exact) mass is 346 g/mol. The van der Waals surface area contributed by atoms with Gasteiger partial charge in [0.25, 0.3) is 0 Å². The van der Waals surface area contributed by atoms with Crippen molar-refractivity contribution in [2.24, 2.45) is 0 Å².